The lowest BCUT2D eigenvalue weighted by molar-refractivity contribution is -0.660. The zero-order valence-corrected chi connectivity index (χ0v) is 51.5. The van der Waals surface area contributed by atoms with Gasteiger partial charge < -0.3 is 0 Å². The Kier molecular flexibility index (Phi) is 21.0. The molecule has 8 aromatic carbocycles. The van der Waals surface area contributed by atoms with Crippen LogP contribution in [-0.4, -0.2) is 0 Å². The van der Waals surface area contributed by atoms with Gasteiger partial charge in [0.15, 0.2) is 24.8 Å². The molecular formula is C86H100N4+4. The highest BCUT2D eigenvalue weighted by atomic mass is 14.9. The molecule has 0 saturated carbocycles. The standard InChI is InChI=1S/2C21H22N.2C20H20N.4CH4/c2*1-15-10-11-19(16(2)12-15)21-13-20(17(3)14-22(21)4)18-8-6-5-7-9-18;2*1-15-9-7-8-12-18(15)20-13-19(16(2)14-21(20)3)17-10-5-4-6-11-17;;;;/h2*5-14H,1-4H3;2*4-14H,1-3H3;4*1H4/q4*+1;;;;/i1D3,3D3;;2D3;;;;;. The molecular weight excluding hydrogens is 1090 g/mol. The summed E-state index contributed by atoms with van der Waals surface area (Å²) in [6.07, 6.45) is 7.81. The summed E-state index contributed by atoms with van der Waals surface area (Å²) in [5, 5.41) is 0. The molecule has 0 saturated heterocycles. The van der Waals surface area contributed by atoms with Crippen molar-refractivity contribution < 1.29 is 30.6 Å². The minimum atomic E-state index is -2.25. The molecule has 12 aromatic rings. The number of benzene rings is 8. The maximum Gasteiger partial charge on any atom is 0.213 e. The SMILES string of the molecule is C.C.C.C.Cc1c[n+](C)c(-c2ccccc2C)cc1-c1ccccc1.Cc1ccc(-c2cc(-c3ccccc3)c(C)c[n+]2C)c(C)c1.[2H]C([2H])([2H])c1c[n+](C)c(-c2ccccc2C)cc1-c1ccccc1.[2H]C([2H])([2H])c1ccc(-c2cc(-c3ccccc3)c(C([2H])([2H])[2H])c[n+]2C)c(C)c1. The lowest BCUT2D eigenvalue weighted by Gasteiger charge is -2.10. The summed E-state index contributed by atoms with van der Waals surface area (Å²) in [6, 6.07) is 77.2. The smallest absolute Gasteiger partial charge is 0.201 e. The summed E-state index contributed by atoms with van der Waals surface area (Å²) in [6.45, 7) is 8.20. The lowest BCUT2D eigenvalue weighted by Crippen LogP contribution is -2.31. The summed E-state index contributed by atoms with van der Waals surface area (Å²) in [5.41, 5.74) is 26.6. The van der Waals surface area contributed by atoms with Crippen LogP contribution in [0, 0.1) is 69.0 Å². The van der Waals surface area contributed by atoms with E-state index >= 15 is 0 Å². The number of aryl methyl sites for hydroxylation is 14. The van der Waals surface area contributed by atoms with Crippen LogP contribution in [0.2, 0.25) is 0 Å². The molecule has 460 valence electrons. The predicted octanol–water partition coefficient (Wildman–Crippen LogP) is 21.0. The fourth-order valence-corrected chi connectivity index (χ4v) is 11.3. The number of rotatable bonds is 8. The fraction of sp³-hybridized carbons (Fsp3) is 0.209. The number of nitrogens with zero attached hydrogens (tertiary/aromatic N) is 4. The number of aromatic nitrogens is 4. The zero-order chi connectivity index (χ0) is 68.5. The van der Waals surface area contributed by atoms with Gasteiger partial charge >= 0.3 is 0 Å². The number of hydrogen-bond donors (Lipinski definition) is 0. The molecule has 0 amide bonds. The van der Waals surface area contributed by atoms with Crippen LogP contribution in [0.1, 0.15) is 97.7 Å². The maximum atomic E-state index is 7.93. The highest BCUT2D eigenvalue weighted by Gasteiger charge is 2.21. The van der Waals surface area contributed by atoms with Crippen molar-refractivity contribution in [1.29, 1.82) is 0 Å². The van der Waals surface area contributed by atoms with Crippen molar-refractivity contribution in [2.75, 3.05) is 0 Å². The third-order valence-electron chi connectivity index (χ3n) is 15.8. The van der Waals surface area contributed by atoms with E-state index in [-0.39, 0.29) is 35.3 Å². The van der Waals surface area contributed by atoms with E-state index in [4.69, 9.17) is 12.3 Å². The third-order valence-corrected chi connectivity index (χ3v) is 15.8. The predicted molar refractivity (Wildman–Crippen MR) is 388 cm³/mol. The van der Waals surface area contributed by atoms with Crippen molar-refractivity contribution in [2.24, 2.45) is 28.2 Å². The van der Waals surface area contributed by atoms with Crippen LogP contribution in [0.4, 0.5) is 0 Å². The molecule has 4 nitrogen and oxygen atoms in total. The van der Waals surface area contributed by atoms with Crippen molar-refractivity contribution >= 4 is 0 Å². The number of hydrogen-bond acceptors (Lipinski definition) is 0. The van der Waals surface area contributed by atoms with E-state index in [1.165, 1.54) is 72.6 Å². The second kappa shape index (κ2) is 32.5. The van der Waals surface area contributed by atoms with E-state index in [0.717, 1.165) is 50.3 Å². The van der Waals surface area contributed by atoms with Crippen molar-refractivity contribution in [2.45, 2.75) is 98.7 Å². The number of pyridine rings is 4. The summed E-state index contributed by atoms with van der Waals surface area (Å²) in [5.74, 6) is 0. The Morgan fingerprint density at radius 3 is 0.767 bits per heavy atom. The van der Waals surface area contributed by atoms with Gasteiger partial charge in [-0.25, -0.2) is 18.3 Å². The van der Waals surface area contributed by atoms with Gasteiger partial charge in [0.2, 0.25) is 22.8 Å². The summed E-state index contributed by atoms with van der Waals surface area (Å²) in [4.78, 5) is 0. The molecule has 0 bridgehead atoms. The Morgan fingerprint density at radius 2 is 0.478 bits per heavy atom. The van der Waals surface area contributed by atoms with Gasteiger partial charge in [-0.3, -0.25) is 0 Å². The minimum absolute atomic E-state index is 0. The Hall–Kier alpha value is -9.64. The first kappa shape index (κ1) is 58.1. The molecule has 4 aromatic heterocycles. The van der Waals surface area contributed by atoms with E-state index in [1.807, 2.05) is 103 Å². The minimum Gasteiger partial charge on any atom is -0.201 e. The molecule has 0 spiro atoms. The molecule has 4 heterocycles. The van der Waals surface area contributed by atoms with E-state index in [9.17, 15) is 0 Å². The topological polar surface area (TPSA) is 15.5 Å². The van der Waals surface area contributed by atoms with Gasteiger partial charge in [-0.05, 0) is 160 Å². The summed E-state index contributed by atoms with van der Waals surface area (Å²) in [7, 11) is 7.93. The van der Waals surface area contributed by atoms with Gasteiger partial charge in [0.1, 0.15) is 28.2 Å². The van der Waals surface area contributed by atoms with Gasteiger partial charge in [-0.1, -0.05) is 223 Å². The Morgan fingerprint density at radius 1 is 0.222 bits per heavy atom. The molecule has 4 heteroatoms. The molecule has 0 N–H and O–H groups in total. The van der Waals surface area contributed by atoms with Crippen molar-refractivity contribution in [3.05, 3.63) is 311 Å². The van der Waals surface area contributed by atoms with E-state index < -0.39 is 20.6 Å². The first-order valence-electron chi connectivity index (χ1n) is 33.7. The molecule has 0 aliphatic carbocycles. The molecule has 0 fully saturated rings. The normalized spacial score (nSPS) is 12.1. The average molecular weight is 1200 g/mol. The van der Waals surface area contributed by atoms with Crippen molar-refractivity contribution in [3.63, 3.8) is 0 Å². The highest BCUT2D eigenvalue weighted by molar-refractivity contribution is 5.76. The highest BCUT2D eigenvalue weighted by Crippen LogP contribution is 2.33. The lowest BCUT2D eigenvalue weighted by atomic mass is 9.97. The molecule has 0 aliphatic rings. The first-order valence-corrected chi connectivity index (χ1v) is 29.2. The van der Waals surface area contributed by atoms with Gasteiger partial charge in [0.25, 0.3) is 0 Å². The van der Waals surface area contributed by atoms with Crippen LogP contribution in [0.3, 0.4) is 0 Å². The Bertz CT molecular complexity index is 4660. The van der Waals surface area contributed by atoms with Crippen LogP contribution in [0.5, 0.6) is 0 Å². The Labute approximate surface area is 555 Å². The molecule has 0 atom stereocenters. The van der Waals surface area contributed by atoms with E-state index in [0.29, 0.717) is 16.7 Å². The van der Waals surface area contributed by atoms with Crippen LogP contribution in [0.25, 0.3) is 89.5 Å². The zero-order valence-electron chi connectivity index (χ0n) is 60.5. The summed E-state index contributed by atoms with van der Waals surface area (Å²) >= 11 is 0. The molecule has 0 unspecified atom stereocenters. The van der Waals surface area contributed by atoms with Gasteiger partial charge in [0.05, 0.1) is 0 Å². The largest absolute Gasteiger partial charge is 0.213 e. The molecule has 90 heavy (non-hydrogen) atoms. The maximum absolute atomic E-state index is 7.93. The Balaban J connectivity index is 0.000000236. The van der Waals surface area contributed by atoms with E-state index in [2.05, 4.69) is 205 Å². The first-order chi connectivity index (χ1) is 45.1. The quantitative estimate of drug-likeness (QED) is 0.135. The van der Waals surface area contributed by atoms with Crippen LogP contribution in [0.15, 0.2) is 255 Å². The second-order valence-electron chi connectivity index (χ2n) is 22.4. The third kappa shape index (κ3) is 16.9. The average Bonchev–Trinajstić information content (AvgIpc) is 0.810. The molecule has 0 aliphatic heterocycles. The van der Waals surface area contributed by atoms with Gasteiger partial charge in [-0.2, -0.15) is 0 Å². The van der Waals surface area contributed by atoms with Gasteiger partial charge in [-0.15, -0.1) is 0 Å². The van der Waals surface area contributed by atoms with Crippen LogP contribution in [-0.2, 0) is 28.2 Å². The second-order valence-corrected chi connectivity index (χ2v) is 22.4. The van der Waals surface area contributed by atoms with Crippen LogP contribution < -0.4 is 18.3 Å². The van der Waals surface area contributed by atoms with Crippen molar-refractivity contribution in [3.8, 4) is 89.5 Å². The molecule has 0 radical (unpaired) electrons. The monoisotopic (exact) mass is 1200 g/mol. The van der Waals surface area contributed by atoms with E-state index in [1.54, 1.807) is 42.2 Å². The summed E-state index contributed by atoms with van der Waals surface area (Å²) < 4.78 is 78.4. The van der Waals surface area contributed by atoms with Crippen LogP contribution >= 0.6 is 0 Å². The molecule has 12 rings (SSSR count). The van der Waals surface area contributed by atoms with Crippen molar-refractivity contribution in [1.82, 2.24) is 0 Å². The fourth-order valence-electron chi connectivity index (χ4n) is 11.3. The van der Waals surface area contributed by atoms with Gasteiger partial charge in [0, 0.05) is 81.1 Å².